The van der Waals surface area contributed by atoms with Crippen molar-refractivity contribution in [3.05, 3.63) is 24.3 Å². The standard InChI is InChI=1S/C42H66F2O11/c1-3-5-7-9-11-13-19-25-51-36(46)21-15-17-23-38(48)53-30-41(29-45,32-55-40(50)33-27-34-35(28-33)42(34,43)44)31-54-39(49)24-18-16-22-37(47)52-26-20-14-12-10-8-6-4-2/h11-14,33-35,45H,3-10,15-32H2,1-2H3/b13-11-,14-12-/t33?,34-,35+. The van der Waals surface area contributed by atoms with Gasteiger partial charge in [0.15, 0.2) is 0 Å². The minimum atomic E-state index is -2.75. The normalized spacial score (nSPS) is 18.6. The molecule has 13 heteroatoms. The number of carbonyl (C=O) groups is 5. The largest absolute Gasteiger partial charge is 0.465 e. The number of unbranched alkanes of at least 4 members (excludes halogenated alkanes) is 8. The Labute approximate surface area is 326 Å². The Morgan fingerprint density at radius 2 is 0.964 bits per heavy atom. The summed E-state index contributed by atoms with van der Waals surface area (Å²) in [5.74, 6) is -7.74. The van der Waals surface area contributed by atoms with Crippen molar-refractivity contribution in [3.63, 3.8) is 0 Å². The Hall–Kier alpha value is -3.35. The molecule has 0 aromatic rings. The molecule has 1 unspecified atom stereocenters. The van der Waals surface area contributed by atoms with Crippen LogP contribution in [0.1, 0.15) is 142 Å². The average molecular weight is 785 g/mol. The zero-order chi connectivity index (χ0) is 40.4. The topological polar surface area (TPSA) is 152 Å². The number of carbonyl (C=O) groups excluding carboxylic acids is 5. The van der Waals surface area contributed by atoms with Gasteiger partial charge in [0.25, 0.3) is 5.92 Å². The summed E-state index contributed by atoms with van der Waals surface area (Å²) < 4.78 is 54.0. The molecule has 0 radical (unpaired) electrons. The second-order valence-corrected chi connectivity index (χ2v) is 15.0. The lowest BCUT2D eigenvalue weighted by Crippen LogP contribution is -2.43. The molecule has 0 amide bonds. The average Bonchev–Trinajstić information content (AvgIpc) is 3.45. The van der Waals surface area contributed by atoms with Crippen molar-refractivity contribution in [2.24, 2.45) is 23.2 Å². The van der Waals surface area contributed by atoms with Gasteiger partial charge in [-0.1, -0.05) is 63.8 Å². The maximum absolute atomic E-state index is 13.7. The summed E-state index contributed by atoms with van der Waals surface area (Å²) in [5.41, 5.74) is -1.49. The highest BCUT2D eigenvalue weighted by Crippen LogP contribution is 2.65. The molecule has 0 aromatic heterocycles. The van der Waals surface area contributed by atoms with Crippen LogP contribution in [0, 0.1) is 23.2 Å². The fourth-order valence-corrected chi connectivity index (χ4v) is 6.42. The van der Waals surface area contributed by atoms with Crippen molar-refractivity contribution in [1.82, 2.24) is 0 Å². The van der Waals surface area contributed by atoms with E-state index in [-0.39, 0.29) is 50.5 Å². The second kappa shape index (κ2) is 27.3. The molecule has 2 aliphatic carbocycles. The molecule has 55 heavy (non-hydrogen) atoms. The van der Waals surface area contributed by atoms with Gasteiger partial charge in [-0.05, 0) is 77.0 Å². The van der Waals surface area contributed by atoms with Crippen molar-refractivity contribution < 1.29 is 61.5 Å². The van der Waals surface area contributed by atoms with Gasteiger partial charge in [0, 0.05) is 37.5 Å². The van der Waals surface area contributed by atoms with Gasteiger partial charge in [0.2, 0.25) is 0 Å². The van der Waals surface area contributed by atoms with E-state index in [1.54, 1.807) is 0 Å². The van der Waals surface area contributed by atoms with Crippen LogP contribution >= 0.6 is 0 Å². The van der Waals surface area contributed by atoms with Crippen LogP contribution in [-0.4, -0.2) is 80.5 Å². The van der Waals surface area contributed by atoms with E-state index in [2.05, 4.69) is 26.0 Å². The van der Waals surface area contributed by atoms with Crippen LogP contribution in [0.15, 0.2) is 24.3 Å². The lowest BCUT2D eigenvalue weighted by atomic mass is 9.92. The van der Waals surface area contributed by atoms with Crippen molar-refractivity contribution in [2.45, 2.75) is 148 Å². The van der Waals surface area contributed by atoms with Crippen LogP contribution in [-0.2, 0) is 47.7 Å². The molecule has 0 saturated heterocycles. The fraction of sp³-hybridized carbons (Fsp3) is 0.786. The van der Waals surface area contributed by atoms with Crippen molar-refractivity contribution in [1.29, 1.82) is 0 Å². The maximum atomic E-state index is 13.7. The zero-order valence-electron chi connectivity index (χ0n) is 33.2. The van der Waals surface area contributed by atoms with E-state index in [9.17, 15) is 37.9 Å². The molecule has 314 valence electrons. The Kier molecular flexibility index (Phi) is 23.7. The number of halogens is 2. The minimum Gasteiger partial charge on any atom is -0.465 e. The quantitative estimate of drug-likeness (QED) is 0.0305. The number of rotatable bonds is 32. The lowest BCUT2D eigenvalue weighted by molar-refractivity contribution is -0.168. The molecule has 2 rings (SSSR count). The minimum absolute atomic E-state index is 0.0139. The van der Waals surface area contributed by atoms with E-state index >= 15 is 0 Å². The van der Waals surface area contributed by atoms with Gasteiger partial charge in [0.1, 0.15) is 19.8 Å². The highest BCUT2D eigenvalue weighted by molar-refractivity contribution is 5.74. The predicted molar refractivity (Wildman–Crippen MR) is 202 cm³/mol. The molecule has 0 heterocycles. The Balaban J connectivity index is 1.75. The van der Waals surface area contributed by atoms with E-state index in [1.165, 1.54) is 25.7 Å². The molecular formula is C42H66F2O11. The van der Waals surface area contributed by atoms with Crippen LogP contribution in [0.2, 0.25) is 0 Å². The van der Waals surface area contributed by atoms with Crippen molar-refractivity contribution >= 4 is 29.8 Å². The first-order valence-corrected chi connectivity index (χ1v) is 20.6. The number of esters is 5. The van der Waals surface area contributed by atoms with E-state index in [0.29, 0.717) is 51.7 Å². The molecule has 2 aliphatic rings. The SMILES string of the molecule is CCCCC/C=C\CCOC(=O)CCCCC(=O)OCC(CO)(COC(=O)CCCCC(=O)OCC/C=C\CCCCC)COC(=O)C1C[C@@H]2[C@H](C1)C2(F)F. The molecule has 2 fully saturated rings. The Morgan fingerprint density at radius 3 is 1.36 bits per heavy atom. The number of hydrogen-bond donors (Lipinski definition) is 1. The summed E-state index contributed by atoms with van der Waals surface area (Å²) in [7, 11) is 0. The summed E-state index contributed by atoms with van der Waals surface area (Å²) in [6, 6.07) is 0. The third-order valence-electron chi connectivity index (χ3n) is 10.1. The van der Waals surface area contributed by atoms with Crippen molar-refractivity contribution in [2.75, 3.05) is 39.6 Å². The summed E-state index contributed by atoms with van der Waals surface area (Å²) in [6.45, 7) is 2.87. The molecule has 2 saturated carbocycles. The number of allylic oxidation sites excluding steroid dienone is 2. The Bertz CT molecular complexity index is 1140. The zero-order valence-corrected chi connectivity index (χ0v) is 33.2. The van der Waals surface area contributed by atoms with E-state index < -0.39 is 73.4 Å². The number of alkyl halides is 2. The summed E-state index contributed by atoms with van der Waals surface area (Å²) in [4.78, 5) is 62.0. The van der Waals surface area contributed by atoms with Crippen LogP contribution in [0.5, 0.6) is 0 Å². The molecule has 0 bridgehead atoms. The molecule has 0 aromatic carbocycles. The van der Waals surface area contributed by atoms with Gasteiger partial charge >= 0.3 is 29.8 Å². The number of ether oxygens (including phenoxy) is 5. The summed E-state index contributed by atoms with van der Waals surface area (Å²) >= 11 is 0. The van der Waals surface area contributed by atoms with Gasteiger partial charge in [-0.15, -0.1) is 0 Å². The Morgan fingerprint density at radius 1 is 0.582 bits per heavy atom. The van der Waals surface area contributed by atoms with Gasteiger partial charge in [-0.3, -0.25) is 24.0 Å². The smallest absolute Gasteiger partial charge is 0.308 e. The second-order valence-electron chi connectivity index (χ2n) is 15.0. The van der Waals surface area contributed by atoms with Crippen LogP contribution in [0.25, 0.3) is 0 Å². The van der Waals surface area contributed by atoms with Crippen LogP contribution < -0.4 is 0 Å². The van der Waals surface area contributed by atoms with E-state index in [1.807, 2.05) is 12.2 Å². The first kappa shape index (κ1) is 47.8. The predicted octanol–water partition coefficient (Wildman–Crippen LogP) is 8.15. The number of hydrogen-bond acceptors (Lipinski definition) is 11. The molecule has 0 spiro atoms. The third-order valence-corrected chi connectivity index (χ3v) is 10.1. The monoisotopic (exact) mass is 784 g/mol. The molecule has 1 N–H and O–H groups in total. The molecular weight excluding hydrogens is 718 g/mol. The first-order valence-electron chi connectivity index (χ1n) is 20.6. The third kappa shape index (κ3) is 19.9. The van der Waals surface area contributed by atoms with Gasteiger partial charge in [-0.2, -0.15) is 0 Å². The maximum Gasteiger partial charge on any atom is 0.308 e. The number of fused-ring (bicyclic) bond motifs is 1. The number of aliphatic hydroxyl groups excluding tert-OH is 1. The van der Waals surface area contributed by atoms with Gasteiger partial charge < -0.3 is 28.8 Å². The highest BCUT2D eigenvalue weighted by atomic mass is 19.3. The van der Waals surface area contributed by atoms with E-state index in [4.69, 9.17) is 23.7 Å². The molecule has 3 atom stereocenters. The van der Waals surface area contributed by atoms with Crippen LogP contribution in [0.3, 0.4) is 0 Å². The van der Waals surface area contributed by atoms with Gasteiger partial charge in [0.05, 0.1) is 31.2 Å². The fourth-order valence-electron chi connectivity index (χ4n) is 6.42. The highest BCUT2D eigenvalue weighted by Gasteiger charge is 2.72. The summed E-state index contributed by atoms with van der Waals surface area (Å²) in [6.07, 6.45) is 20.3. The molecule has 0 aliphatic heterocycles. The first-order chi connectivity index (χ1) is 26.5. The molecule has 11 nitrogen and oxygen atoms in total. The van der Waals surface area contributed by atoms with Gasteiger partial charge in [-0.25, -0.2) is 8.78 Å². The summed E-state index contributed by atoms with van der Waals surface area (Å²) in [5, 5.41) is 10.4. The lowest BCUT2D eigenvalue weighted by Gasteiger charge is -2.30. The van der Waals surface area contributed by atoms with E-state index in [0.717, 1.165) is 25.7 Å². The van der Waals surface area contributed by atoms with Crippen LogP contribution in [0.4, 0.5) is 8.78 Å². The van der Waals surface area contributed by atoms with Crippen molar-refractivity contribution in [3.8, 4) is 0 Å². The number of aliphatic hydroxyl groups is 1.